The summed E-state index contributed by atoms with van der Waals surface area (Å²) in [5, 5.41) is 3.72. The first kappa shape index (κ1) is 12.1. The van der Waals surface area contributed by atoms with Gasteiger partial charge in [-0.3, -0.25) is 4.68 Å². The van der Waals surface area contributed by atoms with Crippen LogP contribution < -0.4 is 15.2 Å². The van der Waals surface area contributed by atoms with Crippen LogP contribution in [0.5, 0.6) is 0 Å². The zero-order valence-electron chi connectivity index (χ0n) is 8.59. The van der Waals surface area contributed by atoms with Crippen molar-refractivity contribution >= 4 is 27.8 Å². The van der Waals surface area contributed by atoms with Gasteiger partial charge in [0.25, 0.3) is 0 Å². The Morgan fingerprint density at radius 1 is 1.62 bits per heavy atom. The molecule has 1 rings (SSSR count). The van der Waals surface area contributed by atoms with Gasteiger partial charge in [-0.15, -0.1) is 0 Å². The van der Waals surface area contributed by atoms with Crippen LogP contribution in [0.25, 0.3) is 0 Å². The summed E-state index contributed by atoms with van der Waals surface area (Å²) in [7, 11) is -1.54. The number of hydrogen-bond acceptors (Lipinski definition) is 6. The number of nitrogens with two attached hydrogens (primary N) is 1. The van der Waals surface area contributed by atoms with E-state index in [1.165, 1.54) is 17.9 Å². The standard InChI is InChI=1S/C6H11N5O4S/c1-11-5(4(7)3-8-11)9-16(13,14)10-6(12)15-2/h3,9H,7H2,1-2H3,(H,10,12). The molecule has 0 saturated carbocycles. The van der Waals surface area contributed by atoms with Gasteiger partial charge >= 0.3 is 16.3 Å². The van der Waals surface area contributed by atoms with Crippen molar-refractivity contribution in [1.29, 1.82) is 0 Å². The number of aryl methyl sites for hydroxylation is 1. The molecule has 1 amide bonds. The van der Waals surface area contributed by atoms with E-state index in [2.05, 4.69) is 9.84 Å². The molecule has 9 nitrogen and oxygen atoms in total. The molecule has 0 bridgehead atoms. The average molecular weight is 249 g/mol. The summed E-state index contributed by atoms with van der Waals surface area (Å²) in [6, 6.07) is 0. The molecule has 0 spiro atoms. The third kappa shape index (κ3) is 2.76. The van der Waals surface area contributed by atoms with E-state index in [1.807, 2.05) is 4.72 Å². The molecule has 0 fully saturated rings. The number of aromatic nitrogens is 2. The van der Waals surface area contributed by atoms with Gasteiger partial charge in [0.2, 0.25) is 0 Å². The number of rotatable bonds is 3. The molecule has 0 atom stereocenters. The Bertz CT molecular complexity index is 474. The molecule has 0 aromatic carbocycles. The molecular formula is C6H11N5O4S. The lowest BCUT2D eigenvalue weighted by molar-refractivity contribution is 0.177. The third-order valence-corrected chi connectivity index (χ3v) is 2.50. The van der Waals surface area contributed by atoms with Crippen molar-refractivity contribution in [3.63, 3.8) is 0 Å². The van der Waals surface area contributed by atoms with Crippen LogP contribution in [-0.2, 0) is 22.0 Å². The number of hydrogen-bond donors (Lipinski definition) is 3. The van der Waals surface area contributed by atoms with Crippen LogP contribution in [0.1, 0.15) is 0 Å². The van der Waals surface area contributed by atoms with Crippen molar-refractivity contribution in [1.82, 2.24) is 14.5 Å². The van der Waals surface area contributed by atoms with E-state index in [0.29, 0.717) is 0 Å². The zero-order valence-corrected chi connectivity index (χ0v) is 9.41. The van der Waals surface area contributed by atoms with Gasteiger partial charge < -0.3 is 10.5 Å². The Balaban J connectivity index is 2.85. The number of nitrogens with zero attached hydrogens (tertiary/aromatic N) is 2. The smallest absolute Gasteiger partial charge is 0.422 e. The Hall–Kier alpha value is -1.97. The Morgan fingerprint density at radius 3 is 2.69 bits per heavy atom. The van der Waals surface area contributed by atoms with Gasteiger partial charge in [0.15, 0.2) is 5.82 Å². The van der Waals surface area contributed by atoms with Crippen LogP contribution in [0.15, 0.2) is 6.20 Å². The monoisotopic (exact) mass is 249 g/mol. The normalized spacial score (nSPS) is 10.9. The third-order valence-electron chi connectivity index (χ3n) is 1.60. The highest BCUT2D eigenvalue weighted by Gasteiger charge is 2.17. The molecule has 0 saturated heterocycles. The second-order valence-corrected chi connectivity index (χ2v) is 4.19. The second kappa shape index (κ2) is 4.26. The number of anilines is 2. The first-order valence-corrected chi connectivity index (χ1v) is 5.50. The lowest BCUT2D eigenvalue weighted by Gasteiger charge is -2.08. The van der Waals surface area contributed by atoms with Gasteiger partial charge in [-0.25, -0.2) is 14.2 Å². The van der Waals surface area contributed by atoms with E-state index in [4.69, 9.17) is 5.73 Å². The number of carbonyl (C=O) groups is 1. The second-order valence-electron chi connectivity index (χ2n) is 2.77. The molecule has 90 valence electrons. The van der Waals surface area contributed by atoms with Crippen molar-refractivity contribution in [2.24, 2.45) is 7.05 Å². The minimum absolute atomic E-state index is 0.0522. The molecule has 0 aliphatic heterocycles. The molecule has 10 heteroatoms. The van der Waals surface area contributed by atoms with Crippen LogP contribution in [-0.4, -0.2) is 31.4 Å². The molecule has 0 unspecified atom stereocenters. The van der Waals surface area contributed by atoms with E-state index in [9.17, 15) is 13.2 Å². The van der Waals surface area contributed by atoms with Crippen molar-refractivity contribution in [3.05, 3.63) is 6.20 Å². The predicted octanol–water partition coefficient (Wildman–Crippen LogP) is -0.985. The number of ether oxygens (including phenoxy) is 1. The highest BCUT2D eigenvalue weighted by molar-refractivity contribution is 7.91. The maximum Gasteiger partial charge on any atom is 0.422 e. The molecule has 1 aromatic heterocycles. The summed E-state index contributed by atoms with van der Waals surface area (Å²) in [4.78, 5) is 10.7. The van der Waals surface area contributed by atoms with E-state index in [0.717, 1.165) is 7.11 Å². The first-order chi connectivity index (χ1) is 7.35. The predicted molar refractivity (Wildman–Crippen MR) is 55.7 cm³/mol. The number of nitrogen functional groups attached to an aromatic ring is 1. The molecule has 0 aliphatic carbocycles. The fraction of sp³-hybridized carbons (Fsp3) is 0.333. The van der Waals surface area contributed by atoms with Crippen LogP contribution in [0.3, 0.4) is 0 Å². The van der Waals surface area contributed by atoms with Gasteiger partial charge in [0.1, 0.15) is 0 Å². The summed E-state index contributed by atoms with van der Waals surface area (Å²) in [6.07, 6.45) is 0.170. The van der Waals surface area contributed by atoms with Crippen molar-refractivity contribution in [2.45, 2.75) is 0 Å². The van der Waals surface area contributed by atoms with Crippen molar-refractivity contribution in [2.75, 3.05) is 17.6 Å². The lowest BCUT2D eigenvalue weighted by Crippen LogP contribution is -2.35. The fourth-order valence-corrected chi connectivity index (χ4v) is 1.74. The number of methoxy groups -OCH3 is 1. The molecule has 0 radical (unpaired) electrons. The minimum Gasteiger partial charge on any atom is -0.452 e. The van der Waals surface area contributed by atoms with Crippen LogP contribution in [0.2, 0.25) is 0 Å². The molecule has 0 aliphatic rings. The van der Waals surface area contributed by atoms with E-state index in [1.54, 1.807) is 4.72 Å². The van der Waals surface area contributed by atoms with Gasteiger partial charge in [0, 0.05) is 7.05 Å². The zero-order chi connectivity index (χ0) is 12.3. The molecule has 1 aromatic rings. The van der Waals surface area contributed by atoms with Crippen LogP contribution in [0, 0.1) is 0 Å². The van der Waals surface area contributed by atoms with Crippen LogP contribution >= 0.6 is 0 Å². The van der Waals surface area contributed by atoms with Gasteiger partial charge in [0.05, 0.1) is 19.0 Å². The van der Waals surface area contributed by atoms with Crippen molar-refractivity contribution < 1.29 is 17.9 Å². The maximum absolute atomic E-state index is 11.4. The largest absolute Gasteiger partial charge is 0.452 e. The number of carbonyl (C=O) groups excluding carboxylic acids is 1. The molecular weight excluding hydrogens is 238 g/mol. The highest BCUT2D eigenvalue weighted by Crippen LogP contribution is 2.16. The Labute approximate surface area is 91.7 Å². The summed E-state index contributed by atoms with van der Waals surface area (Å²) in [5.41, 5.74) is 5.59. The molecule has 4 N–H and O–H groups in total. The highest BCUT2D eigenvalue weighted by atomic mass is 32.2. The van der Waals surface area contributed by atoms with Gasteiger partial charge in [-0.1, -0.05) is 0 Å². The Kier molecular flexibility index (Phi) is 3.22. The van der Waals surface area contributed by atoms with Crippen LogP contribution in [0.4, 0.5) is 16.3 Å². The molecule has 16 heavy (non-hydrogen) atoms. The van der Waals surface area contributed by atoms with E-state index in [-0.39, 0.29) is 11.5 Å². The average Bonchev–Trinajstić information content (AvgIpc) is 2.48. The summed E-state index contributed by atoms with van der Waals surface area (Å²) in [6.45, 7) is 0. The minimum atomic E-state index is -4.08. The van der Waals surface area contributed by atoms with Gasteiger partial charge in [-0.2, -0.15) is 13.5 Å². The first-order valence-electron chi connectivity index (χ1n) is 4.01. The number of amides is 1. The Morgan fingerprint density at radius 2 is 2.25 bits per heavy atom. The number of nitrogens with one attached hydrogen (secondary N) is 2. The molecule has 1 heterocycles. The fourth-order valence-electron chi connectivity index (χ4n) is 0.884. The summed E-state index contributed by atoms with van der Waals surface area (Å²) >= 11 is 0. The summed E-state index contributed by atoms with van der Waals surface area (Å²) in [5.74, 6) is 0.0522. The quantitative estimate of drug-likeness (QED) is 0.631. The van der Waals surface area contributed by atoms with E-state index >= 15 is 0 Å². The summed E-state index contributed by atoms with van der Waals surface area (Å²) < 4.78 is 31.7. The van der Waals surface area contributed by atoms with E-state index < -0.39 is 16.3 Å². The van der Waals surface area contributed by atoms with Gasteiger partial charge in [-0.05, 0) is 0 Å². The SMILES string of the molecule is COC(=O)NS(=O)(=O)Nc1c(N)cnn1C. The van der Waals surface area contributed by atoms with Crippen molar-refractivity contribution in [3.8, 4) is 0 Å². The topological polar surface area (TPSA) is 128 Å². The maximum atomic E-state index is 11.4. The lowest BCUT2D eigenvalue weighted by atomic mass is 10.5.